The van der Waals surface area contributed by atoms with Crippen molar-refractivity contribution in [1.82, 2.24) is 9.88 Å². The zero-order chi connectivity index (χ0) is 14.9. The van der Waals surface area contributed by atoms with Crippen LogP contribution in [0.15, 0.2) is 48.8 Å². The van der Waals surface area contributed by atoms with Crippen LogP contribution >= 0.6 is 0 Å². The number of rotatable bonds is 8. The number of nitrogens with two attached hydrogens (primary N) is 1. The van der Waals surface area contributed by atoms with Crippen LogP contribution in [0.25, 0.3) is 0 Å². The summed E-state index contributed by atoms with van der Waals surface area (Å²) < 4.78 is 5.69. The minimum Gasteiger partial charge on any atom is -0.493 e. The van der Waals surface area contributed by atoms with E-state index >= 15 is 0 Å². The molecule has 0 radical (unpaired) electrons. The largest absolute Gasteiger partial charge is 0.493 e. The Balaban J connectivity index is 1.60. The summed E-state index contributed by atoms with van der Waals surface area (Å²) >= 11 is 0. The predicted molar refractivity (Wildman–Crippen MR) is 86.4 cm³/mol. The van der Waals surface area contributed by atoms with E-state index in [1.807, 2.05) is 36.7 Å². The molecule has 0 spiro atoms. The molecule has 0 saturated carbocycles. The van der Waals surface area contributed by atoms with Crippen LogP contribution in [0.2, 0.25) is 0 Å². The summed E-state index contributed by atoms with van der Waals surface area (Å²) in [7, 11) is 2.14. The highest BCUT2D eigenvalue weighted by Crippen LogP contribution is 2.14. The maximum Gasteiger partial charge on any atom is 0.121 e. The standard InChI is InChI=1S/C17H23N3O/c1-20(12-8-15-6-9-19-10-7-15)11-3-13-21-17-5-2-4-16(18)14-17/h2,4-7,9-10,14H,3,8,11-13,18H2,1H3. The maximum atomic E-state index is 5.71. The third kappa shape index (κ3) is 5.83. The lowest BCUT2D eigenvalue weighted by Gasteiger charge is -2.16. The Kier molecular flexibility index (Phi) is 6.03. The number of nitrogen functional groups attached to an aromatic ring is 1. The van der Waals surface area contributed by atoms with Crippen LogP contribution < -0.4 is 10.5 Å². The van der Waals surface area contributed by atoms with Gasteiger partial charge in [-0.15, -0.1) is 0 Å². The first-order valence-corrected chi connectivity index (χ1v) is 7.30. The summed E-state index contributed by atoms with van der Waals surface area (Å²) in [5.74, 6) is 0.842. The Hall–Kier alpha value is -2.07. The molecule has 0 atom stereocenters. The first-order chi connectivity index (χ1) is 10.2. The van der Waals surface area contributed by atoms with Gasteiger partial charge in [-0.1, -0.05) is 6.07 Å². The van der Waals surface area contributed by atoms with Gasteiger partial charge in [0.05, 0.1) is 6.61 Å². The molecule has 112 valence electrons. The van der Waals surface area contributed by atoms with E-state index in [0.29, 0.717) is 6.61 Å². The number of hydrogen-bond acceptors (Lipinski definition) is 4. The van der Waals surface area contributed by atoms with Gasteiger partial charge in [0.1, 0.15) is 5.75 Å². The highest BCUT2D eigenvalue weighted by molar-refractivity contribution is 5.43. The highest BCUT2D eigenvalue weighted by atomic mass is 16.5. The predicted octanol–water partition coefficient (Wildman–Crippen LogP) is 2.61. The Morgan fingerprint density at radius 3 is 2.71 bits per heavy atom. The molecule has 1 aromatic carbocycles. The monoisotopic (exact) mass is 285 g/mol. The third-order valence-electron chi connectivity index (χ3n) is 3.34. The van der Waals surface area contributed by atoms with Crippen molar-refractivity contribution in [2.45, 2.75) is 12.8 Å². The molecule has 2 N–H and O–H groups in total. The molecule has 2 rings (SSSR count). The molecule has 0 amide bonds. The smallest absolute Gasteiger partial charge is 0.121 e. The molecule has 1 aromatic heterocycles. The summed E-state index contributed by atoms with van der Waals surface area (Å²) in [6, 6.07) is 11.7. The van der Waals surface area contributed by atoms with Crippen molar-refractivity contribution in [3.8, 4) is 5.75 Å². The van der Waals surface area contributed by atoms with E-state index in [9.17, 15) is 0 Å². The molecule has 4 nitrogen and oxygen atoms in total. The first kappa shape index (κ1) is 15.3. The summed E-state index contributed by atoms with van der Waals surface area (Å²) in [4.78, 5) is 6.35. The van der Waals surface area contributed by atoms with Crippen LogP contribution in [0.5, 0.6) is 5.75 Å². The molecule has 0 bridgehead atoms. The van der Waals surface area contributed by atoms with Gasteiger partial charge in [0, 0.05) is 37.2 Å². The molecule has 4 heteroatoms. The molecule has 2 aromatic rings. The number of anilines is 1. The van der Waals surface area contributed by atoms with E-state index in [0.717, 1.165) is 37.4 Å². The van der Waals surface area contributed by atoms with E-state index in [1.165, 1.54) is 5.56 Å². The molecule has 21 heavy (non-hydrogen) atoms. The summed E-state index contributed by atoms with van der Waals surface area (Å²) in [6.45, 7) is 2.78. The van der Waals surface area contributed by atoms with E-state index in [2.05, 4.69) is 29.1 Å². The molecule has 1 heterocycles. The molecular formula is C17H23N3O. The Labute approximate surface area is 126 Å². The quantitative estimate of drug-likeness (QED) is 0.598. The topological polar surface area (TPSA) is 51.4 Å². The van der Waals surface area contributed by atoms with E-state index < -0.39 is 0 Å². The lowest BCUT2D eigenvalue weighted by Crippen LogP contribution is -2.23. The van der Waals surface area contributed by atoms with Crippen LogP contribution in [-0.4, -0.2) is 36.6 Å². The van der Waals surface area contributed by atoms with Gasteiger partial charge in [0.15, 0.2) is 0 Å². The van der Waals surface area contributed by atoms with Gasteiger partial charge in [0.25, 0.3) is 0 Å². The zero-order valence-electron chi connectivity index (χ0n) is 12.5. The second kappa shape index (κ2) is 8.27. The number of hydrogen-bond donors (Lipinski definition) is 1. The SMILES string of the molecule is CN(CCCOc1cccc(N)c1)CCc1ccncc1. The number of benzene rings is 1. The molecule has 0 aliphatic carbocycles. The molecular weight excluding hydrogens is 262 g/mol. The van der Waals surface area contributed by atoms with Crippen molar-refractivity contribution in [3.63, 3.8) is 0 Å². The molecule has 0 fully saturated rings. The minimum atomic E-state index is 0.711. The minimum absolute atomic E-state index is 0.711. The fourth-order valence-electron chi connectivity index (χ4n) is 2.11. The van der Waals surface area contributed by atoms with Crippen LogP contribution in [0.1, 0.15) is 12.0 Å². The van der Waals surface area contributed by atoms with Gasteiger partial charge < -0.3 is 15.4 Å². The van der Waals surface area contributed by atoms with Gasteiger partial charge in [-0.2, -0.15) is 0 Å². The van der Waals surface area contributed by atoms with Crippen LogP contribution in [0.4, 0.5) is 5.69 Å². The summed E-state index contributed by atoms with van der Waals surface area (Å²) in [6.07, 6.45) is 5.74. The number of aromatic nitrogens is 1. The van der Waals surface area contributed by atoms with Crippen molar-refractivity contribution in [2.75, 3.05) is 32.5 Å². The van der Waals surface area contributed by atoms with Gasteiger partial charge in [-0.05, 0) is 49.7 Å². The van der Waals surface area contributed by atoms with Crippen LogP contribution in [0, 0.1) is 0 Å². The van der Waals surface area contributed by atoms with Crippen molar-refractivity contribution in [1.29, 1.82) is 0 Å². The Morgan fingerprint density at radius 2 is 1.95 bits per heavy atom. The first-order valence-electron chi connectivity index (χ1n) is 7.30. The van der Waals surface area contributed by atoms with Gasteiger partial charge in [-0.25, -0.2) is 0 Å². The Morgan fingerprint density at radius 1 is 1.14 bits per heavy atom. The number of pyridine rings is 1. The normalized spacial score (nSPS) is 10.8. The van der Waals surface area contributed by atoms with Gasteiger partial charge >= 0.3 is 0 Å². The second-order valence-electron chi connectivity index (χ2n) is 5.18. The van der Waals surface area contributed by atoms with Crippen molar-refractivity contribution in [2.24, 2.45) is 0 Å². The zero-order valence-corrected chi connectivity index (χ0v) is 12.5. The lowest BCUT2D eigenvalue weighted by atomic mass is 10.2. The second-order valence-corrected chi connectivity index (χ2v) is 5.18. The third-order valence-corrected chi connectivity index (χ3v) is 3.34. The highest BCUT2D eigenvalue weighted by Gasteiger charge is 2.00. The number of ether oxygens (including phenoxy) is 1. The average molecular weight is 285 g/mol. The molecule has 0 aliphatic heterocycles. The van der Waals surface area contributed by atoms with Gasteiger partial charge in [-0.3, -0.25) is 4.98 Å². The maximum absolute atomic E-state index is 5.71. The van der Waals surface area contributed by atoms with Crippen molar-refractivity contribution < 1.29 is 4.74 Å². The van der Waals surface area contributed by atoms with E-state index in [1.54, 1.807) is 0 Å². The molecule has 0 aliphatic rings. The van der Waals surface area contributed by atoms with Crippen LogP contribution in [-0.2, 0) is 6.42 Å². The van der Waals surface area contributed by atoms with Crippen molar-refractivity contribution >= 4 is 5.69 Å². The summed E-state index contributed by atoms with van der Waals surface area (Å²) in [5, 5.41) is 0. The lowest BCUT2D eigenvalue weighted by molar-refractivity contribution is 0.264. The molecule has 0 saturated heterocycles. The number of nitrogens with zero attached hydrogens (tertiary/aromatic N) is 2. The Bertz CT molecular complexity index is 531. The van der Waals surface area contributed by atoms with Crippen molar-refractivity contribution in [3.05, 3.63) is 54.4 Å². The van der Waals surface area contributed by atoms with E-state index in [-0.39, 0.29) is 0 Å². The van der Waals surface area contributed by atoms with E-state index in [4.69, 9.17) is 10.5 Å². The van der Waals surface area contributed by atoms with Gasteiger partial charge in [0.2, 0.25) is 0 Å². The number of likely N-dealkylation sites (N-methyl/N-ethyl adjacent to an activating group) is 1. The summed E-state index contributed by atoms with van der Waals surface area (Å²) in [5.41, 5.74) is 7.78. The average Bonchev–Trinajstić information content (AvgIpc) is 2.51. The van der Waals surface area contributed by atoms with Crippen LogP contribution in [0.3, 0.4) is 0 Å². The fraction of sp³-hybridized carbons (Fsp3) is 0.353. The molecule has 0 unspecified atom stereocenters. The fourth-order valence-corrected chi connectivity index (χ4v) is 2.11.